The number of nitrogens with one attached hydrogen (secondary N) is 1. The third-order valence-electron chi connectivity index (χ3n) is 1.62. The zero-order valence-electron chi connectivity index (χ0n) is 6.76. The number of aromatic carboxylic acids is 1. The zero-order chi connectivity index (χ0) is 10.3. The van der Waals surface area contributed by atoms with Crippen molar-refractivity contribution >= 4 is 17.7 Å². The van der Waals surface area contributed by atoms with Crippen molar-refractivity contribution in [1.82, 2.24) is 19.6 Å². The normalized spacial score (nSPS) is 10.6. The lowest BCUT2D eigenvalue weighted by molar-refractivity contribution is 0.0694. The minimum Gasteiger partial charge on any atom is -0.477 e. The SMILES string of the molecule is Nc1nc2ncc(C(=O)O)c(=O)n2[nH]1. The van der Waals surface area contributed by atoms with Crippen LogP contribution in [-0.2, 0) is 0 Å². The Kier molecular flexibility index (Phi) is 1.50. The van der Waals surface area contributed by atoms with Gasteiger partial charge in [-0.1, -0.05) is 0 Å². The van der Waals surface area contributed by atoms with Gasteiger partial charge in [0.2, 0.25) is 5.95 Å². The van der Waals surface area contributed by atoms with Gasteiger partial charge in [0.1, 0.15) is 5.56 Å². The molecule has 0 saturated heterocycles. The quantitative estimate of drug-likeness (QED) is 0.519. The molecular weight excluding hydrogens is 190 g/mol. The first-order chi connectivity index (χ1) is 6.59. The lowest BCUT2D eigenvalue weighted by Crippen LogP contribution is -2.23. The Morgan fingerprint density at radius 3 is 3.00 bits per heavy atom. The summed E-state index contributed by atoms with van der Waals surface area (Å²) >= 11 is 0. The molecule has 72 valence electrons. The number of hydrogen-bond donors (Lipinski definition) is 3. The number of aromatic amines is 1. The molecule has 4 N–H and O–H groups in total. The summed E-state index contributed by atoms with van der Waals surface area (Å²) in [5, 5.41) is 11.0. The molecule has 0 amide bonds. The number of nitrogens with two attached hydrogens (primary N) is 1. The van der Waals surface area contributed by atoms with Crippen LogP contribution in [0.2, 0.25) is 0 Å². The highest BCUT2D eigenvalue weighted by atomic mass is 16.4. The first kappa shape index (κ1) is 8.23. The molecular formula is C6H5N5O3. The van der Waals surface area contributed by atoms with E-state index in [2.05, 4.69) is 15.1 Å². The molecule has 0 atom stereocenters. The standard InChI is InChI=1S/C6H5N5O3/c7-5-9-6-8-1-2(4(13)14)3(12)11(6)10-5/h1H,(H,13,14)(H3,7,8,9,10). The van der Waals surface area contributed by atoms with Crippen LogP contribution in [0.25, 0.3) is 5.78 Å². The van der Waals surface area contributed by atoms with Gasteiger partial charge in [-0.25, -0.2) is 9.78 Å². The maximum atomic E-state index is 11.4. The van der Waals surface area contributed by atoms with Crippen molar-refractivity contribution in [2.24, 2.45) is 0 Å². The molecule has 0 aliphatic rings. The van der Waals surface area contributed by atoms with E-state index < -0.39 is 17.1 Å². The van der Waals surface area contributed by atoms with Crippen LogP contribution in [0.3, 0.4) is 0 Å². The number of rotatable bonds is 1. The van der Waals surface area contributed by atoms with E-state index in [-0.39, 0.29) is 11.7 Å². The fraction of sp³-hybridized carbons (Fsp3) is 0. The Bertz CT molecular complexity index is 568. The van der Waals surface area contributed by atoms with Crippen LogP contribution in [0.4, 0.5) is 5.95 Å². The number of carboxylic acids is 1. The lowest BCUT2D eigenvalue weighted by Gasteiger charge is -1.92. The Hall–Kier alpha value is -2.38. The Labute approximate surface area is 76.0 Å². The van der Waals surface area contributed by atoms with Crippen molar-refractivity contribution < 1.29 is 9.90 Å². The van der Waals surface area contributed by atoms with Gasteiger partial charge < -0.3 is 10.8 Å². The van der Waals surface area contributed by atoms with Crippen molar-refractivity contribution in [1.29, 1.82) is 0 Å². The number of H-pyrrole nitrogens is 1. The van der Waals surface area contributed by atoms with Crippen LogP contribution in [0, 0.1) is 0 Å². The van der Waals surface area contributed by atoms with E-state index in [1.807, 2.05) is 0 Å². The maximum absolute atomic E-state index is 11.4. The van der Waals surface area contributed by atoms with E-state index in [1.54, 1.807) is 0 Å². The third kappa shape index (κ3) is 1.01. The minimum atomic E-state index is -1.34. The van der Waals surface area contributed by atoms with Crippen LogP contribution < -0.4 is 11.3 Å². The number of carboxylic acid groups (broad SMARTS) is 1. The van der Waals surface area contributed by atoms with Gasteiger partial charge in [-0.3, -0.25) is 9.89 Å². The first-order valence-corrected chi connectivity index (χ1v) is 3.56. The van der Waals surface area contributed by atoms with Gasteiger partial charge in [-0.2, -0.15) is 9.50 Å². The highest BCUT2D eigenvalue weighted by Crippen LogP contribution is 1.96. The van der Waals surface area contributed by atoms with Gasteiger partial charge in [0, 0.05) is 0 Å². The largest absolute Gasteiger partial charge is 0.477 e. The second-order valence-corrected chi connectivity index (χ2v) is 2.53. The van der Waals surface area contributed by atoms with E-state index in [4.69, 9.17) is 10.8 Å². The third-order valence-corrected chi connectivity index (χ3v) is 1.62. The molecule has 0 bridgehead atoms. The van der Waals surface area contributed by atoms with E-state index >= 15 is 0 Å². The van der Waals surface area contributed by atoms with E-state index in [0.717, 1.165) is 10.7 Å². The fourth-order valence-corrected chi connectivity index (χ4v) is 1.02. The molecule has 0 aliphatic carbocycles. The summed E-state index contributed by atoms with van der Waals surface area (Å²) in [5.41, 5.74) is 4.09. The molecule has 2 aromatic rings. The molecule has 8 heteroatoms. The van der Waals surface area contributed by atoms with Gasteiger partial charge in [0.15, 0.2) is 0 Å². The van der Waals surface area contributed by atoms with E-state index in [9.17, 15) is 9.59 Å². The van der Waals surface area contributed by atoms with Gasteiger partial charge in [-0.15, -0.1) is 0 Å². The van der Waals surface area contributed by atoms with Crippen LogP contribution in [0.1, 0.15) is 10.4 Å². The molecule has 0 unspecified atom stereocenters. The van der Waals surface area contributed by atoms with Crippen molar-refractivity contribution in [2.45, 2.75) is 0 Å². The summed E-state index contributed by atoms with van der Waals surface area (Å²) in [6.45, 7) is 0. The zero-order valence-corrected chi connectivity index (χ0v) is 6.76. The minimum absolute atomic E-state index is 0.00265. The molecule has 0 aliphatic heterocycles. The molecule has 2 heterocycles. The summed E-state index contributed by atoms with van der Waals surface area (Å²) in [6, 6.07) is 0. The highest BCUT2D eigenvalue weighted by Gasteiger charge is 2.13. The Morgan fingerprint density at radius 2 is 2.36 bits per heavy atom. The number of nitrogens with zero attached hydrogens (tertiary/aromatic N) is 3. The van der Waals surface area contributed by atoms with Crippen LogP contribution in [0.15, 0.2) is 11.0 Å². The molecule has 2 rings (SSSR count). The summed E-state index contributed by atoms with van der Waals surface area (Å²) < 4.78 is 0.874. The summed E-state index contributed by atoms with van der Waals surface area (Å²) in [5.74, 6) is -1.31. The molecule has 14 heavy (non-hydrogen) atoms. The number of fused-ring (bicyclic) bond motifs is 1. The molecule has 0 radical (unpaired) electrons. The number of nitrogen functional groups attached to an aromatic ring is 1. The van der Waals surface area contributed by atoms with Crippen molar-refractivity contribution in [3.05, 3.63) is 22.1 Å². The maximum Gasteiger partial charge on any atom is 0.343 e. The second-order valence-electron chi connectivity index (χ2n) is 2.53. The summed E-state index contributed by atoms with van der Waals surface area (Å²) in [6.07, 6.45) is 0.945. The van der Waals surface area contributed by atoms with Crippen molar-refractivity contribution in [3.63, 3.8) is 0 Å². The van der Waals surface area contributed by atoms with Gasteiger partial charge in [0.25, 0.3) is 11.3 Å². The van der Waals surface area contributed by atoms with Crippen molar-refractivity contribution in [3.8, 4) is 0 Å². The average Bonchev–Trinajstić information content (AvgIpc) is 2.46. The predicted molar refractivity (Wildman–Crippen MR) is 45.0 cm³/mol. The van der Waals surface area contributed by atoms with Gasteiger partial charge in [-0.05, 0) is 0 Å². The molecule has 0 spiro atoms. The van der Waals surface area contributed by atoms with Gasteiger partial charge in [0.05, 0.1) is 6.20 Å². The number of anilines is 1. The smallest absolute Gasteiger partial charge is 0.343 e. The predicted octanol–water partition coefficient (Wildman–Crippen LogP) is -1.30. The number of carbonyl (C=O) groups is 1. The molecule has 2 aromatic heterocycles. The summed E-state index contributed by atoms with van der Waals surface area (Å²) in [7, 11) is 0. The molecule has 8 nitrogen and oxygen atoms in total. The van der Waals surface area contributed by atoms with Crippen LogP contribution in [0.5, 0.6) is 0 Å². The topological polar surface area (TPSA) is 126 Å². The Morgan fingerprint density at radius 1 is 1.64 bits per heavy atom. The highest BCUT2D eigenvalue weighted by molar-refractivity contribution is 5.86. The first-order valence-electron chi connectivity index (χ1n) is 3.56. The van der Waals surface area contributed by atoms with Gasteiger partial charge >= 0.3 is 5.97 Å². The van der Waals surface area contributed by atoms with E-state index in [1.165, 1.54) is 0 Å². The Balaban J connectivity index is 2.88. The molecule has 0 saturated carbocycles. The number of hydrogen-bond acceptors (Lipinski definition) is 5. The lowest BCUT2D eigenvalue weighted by atomic mass is 10.3. The fourth-order valence-electron chi connectivity index (χ4n) is 1.02. The van der Waals surface area contributed by atoms with E-state index in [0.29, 0.717) is 0 Å². The average molecular weight is 195 g/mol. The second kappa shape index (κ2) is 2.55. The van der Waals surface area contributed by atoms with Crippen LogP contribution >= 0.6 is 0 Å². The summed E-state index contributed by atoms with van der Waals surface area (Å²) in [4.78, 5) is 29.3. The molecule has 0 fully saturated rings. The monoisotopic (exact) mass is 195 g/mol. The van der Waals surface area contributed by atoms with Crippen LogP contribution in [-0.4, -0.2) is 30.7 Å². The molecule has 0 aromatic carbocycles. The number of aromatic nitrogens is 4. The van der Waals surface area contributed by atoms with Crippen molar-refractivity contribution in [2.75, 3.05) is 5.73 Å².